The van der Waals surface area contributed by atoms with Crippen molar-refractivity contribution in [1.82, 2.24) is 10.2 Å². The van der Waals surface area contributed by atoms with Crippen LogP contribution >= 0.6 is 11.8 Å². The van der Waals surface area contributed by atoms with E-state index in [-0.39, 0.29) is 17.7 Å². The number of rotatable bonds is 4. The van der Waals surface area contributed by atoms with Gasteiger partial charge < -0.3 is 16.0 Å². The number of hydrogen-bond donors (Lipinski definition) is 3. The van der Waals surface area contributed by atoms with Gasteiger partial charge in [0.1, 0.15) is 5.03 Å². The molecule has 17 heavy (non-hydrogen) atoms. The minimum Gasteiger partial charge on any atom is -0.409 e. The predicted molar refractivity (Wildman–Crippen MR) is 66.4 cm³/mol. The van der Waals surface area contributed by atoms with Crippen molar-refractivity contribution in [3.63, 3.8) is 0 Å². The Kier molecular flexibility index (Phi) is 4.71. The first-order valence-electron chi connectivity index (χ1n) is 5.10. The standard InChI is InChI=1S/C10H16N4O2S/c1-5(4-15)17-10-8(9(11)14-16)6(2)7(3)12-13-10/h5,15-16H,4H2,1-3H3,(H2,11,14). The molecule has 1 heterocycles. The molecule has 0 aliphatic heterocycles. The Morgan fingerprint density at radius 1 is 1.47 bits per heavy atom. The third-order valence-electron chi connectivity index (χ3n) is 2.36. The number of amidine groups is 1. The number of oxime groups is 1. The summed E-state index contributed by atoms with van der Waals surface area (Å²) in [6.45, 7) is 5.53. The van der Waals surface area contributed by atoms with Crippen LogP contribution in [-0.4, -0.2) is 38.2 Å². The van der Waals surface area contributed by atoms with E-state index < -0.39 is 0 Å². The van der Waals surface area contributed by atoms with Gasteiger partial charge in [0.05, 0.1) is 17.9 Å². The minimum atomic E-state index is -0.0309. The lowest BCUT2D eigenvalue weighted by atomic mass is 10.1. The fraction of sp³-hybridized carbons (Fsp3) is 0.500. The number of aliphatic hydroxyl groups excluding tert-OH is 1. The quantitative estimate of drug-likeness (QED) is 0.240. The van der Waals surface area contributed by atoms with Gasteiger partial charge in [-0.25, -0.2) is 0 Å². The first-order chi connectivity index (χ1) is 8.01. The van der Waals surface area contributed by atoms with Crippen molar-refractivity contribution >= 4 is 17.6 Å². The van der Waals surface area contributed by atoms with E-state index in [1.807, 2.05) is 13.8 Å². The SMILES string of the molecule is Cc1nnc(SC(C)CO)c(C(N)=NO)c1C. The molecule has 0 aromatic carbocycles. The summed E-state index contributed by atoms with van der Waals surface area (Å²) in [6, 6.07) is 0. The Bertz CT molecular complexity index is 437. The van der Waals surface area contributed by atoms with Crippen LogP contribution in [0.5, 0.6) is 0 Å². The molecule has 4 N–H and O–H groups in total. The van der Waals surface area contributed by atoms with Gasteiger partial charge in [-0.3, -0.25) is 0 Å². The number of aliphatic hydroxyl groups is 1. The molecule has 1 atom stereocenters. The Balaban J connectivity index is 3.25. The van der Waals surface area contributed by atoms with Gasteiger partial charge in [0.2, 0.25) is 0 Å². The third-order valence-corrected chi connectivity index (χ3v) is 3.42. The van der Waals surface area contributed by atoms with Crippen molar-refractivity contribution in [3.05, 3.63) is 16.8 Å². The van der Waals surface area contributed by atoms with Gasteiger partial charge in [0, 0.05) is 5.25 Å². The van der Waals surface area contributed by atoms with Crippen LogP contribution in [0, 0.1) is 13.8 Å². The van der Waals surface area contributed by atoms with Crippen LogP contribution < -0.4 is 5.73 Å². The van der Waals surface area contributed by atoms with E-state index >= 15 is 0 Å². The molecule has 0 bridgehead atoms. The van der Waals surface area contributed by atoms with Crippen molar-refractivity contribution in [3.8, 4) is 0 Å². The van der Waals surface area contributed by atoms with Crippen molar-refractivity contribution in [2.24, 2.45) is 10.9 Å². The van der Waals surface area contributed by atoms with Gasteiger partial charge in [0.25, 0.3) is 0 Å². The molecular weight excluding hydrogens is 240 g/mol. The van der Waals surface area contributed by atoms with Crippen molar-refractivity contribution in [2.75, 3.05) is 6.61 Å². The summed E-state index contributed by atoms with van der Waals surface area (Å²) in [5, 5.41) is 29.4. The topological polar surface area (TPSA) is 105 Å². The zero-order valence-electron chi connectivity index (χ0n) is 10.0. The van der Waals surface area contributed by atoms with Crippen LogP contribution in [0.1, 0.15) is 23.7 Å². The summed E-state index contributed by atoms with van der Waals surface area (Å²) in [7, 11) is 0. The third kappa shape index (κ3) is 3.07. The predicted octanol–water partition coefficient (Wildman–Crippen LogP) is 0.661. The van der Waals surface area contributed by atoms with Crippen molar-refractivity contribution in [1.29, 1.82) is 0 Å². The molecule has 0 saturated heterocycles. The average Bonchev–Trinajstić information content (AvgIpc) is 2.33. The number of thioether (sulfide) groups is 1. The molecular formula is C10H16N4O2S. The second-order valence-corrected chi connectivity index (χ2v) is 5.11. The summed E-state index contributed by atoms with van der Waals surface area (Å²) in [6.07, 6.45) is 0. The summed E-state index contributed by atoms with van der Waals surface area (Å²) >= 11 is 1.34. The monoisotopic (exact) mass is 256 g/mol. The summed E-state index contributed by atoms with van der Waals surface area (Å²) < 4.78 is 0. The molecule has 1 unspecified atom stereocenters. The molecule has 1 aromatic rings. The van der Waals surface area contributed by atoms with Gasteiger partial charge in [-0.15, -0.1) is 5.10 Å². The number of nitrogens with two attached hydrogens (primary N) is 1. The molecule has 0 aliphatic rings. The zero-order valence-corrected chi connectivity index (χ0v) is 10.8. The van der Waals surface area contributed by atoms with E-state index in [1.165, 1.54) is 11.8 Å². The van der Waals surface area contributed by atoms with E-state index in [2.05, 4.69) is 15.4 Å². The van der Waals surface area contributed by atoms with E-state index in [9.17, 15) is 0 Å². The first kappa shape index (κ1) is 13.7. The largest absolute Gasteiger partial charge is 0.409 e. The lowest BCUT2D eigenvalue weighted by Gasteiger charge is -2.13. The van der Waals surface area contributed by atoms with Crippen LogP contribution in [0.3, 0.4) is 0 Å². The van der Waals surface area contributed by atoms with E-state index in [0.717, 1.165) is 11.3 Å². The molecule has 6 nitrogen and oxygen atoms in total. The first-order valence-corrected chi connectivity index (χ1v) is 5.98. The van der Waals surface area contributed by atoms with Gasteiger partial charge in [-0.1, -0.05) is 23.8 Å². The molecule has 0 radical (unpaired) electrons. The van der Waals surface area contributed by atoms with Gasteiger partial charge in [0.15, 0.2) is 5.84 Å². The fourth-order valence-corrected chi connectivity index (χ4v) is 2.17. The van der Waals surface area contributed by atoms with Crippen molar-refractivity contribution < 1.29 is 10.3 Å². The Morgan fingerprint density at radius 3 is 2.65 bits per heavy atom. The van der Waals surface area contributed by atoms with Crippen LogP contribution in [0.4, 0.5) is 0 Å². The molecule has 7 heteroatoms. The Morgan fingerprint density at radius 2 is 2.12 bits per heavy atom. The summed E-state index contributed by atoms with van der Waals surface area (Å²) in [5.74, 6) is 0.00754. The second-order valence-electron chi connectivity index (χ2n) is 3.69. The number of nitrogens with zero attached hydrogens (tertiary/aromatic N) is 3. The highest BCUT2D eigenvalue weighted by atomic mass is 32.2. The second kappa shape index (κ2) is 5.83. The van der Waals surface area contributed by atoms with Crippen LogP contribution in [0.25, 0.3) is 0 Å². The molecule has 0 fully saturated rings. The minimum absolute atomic E-state index is 0.00754. The lowest BCUT2D eigenvalue weighted by molar-refractivity contribution is 0.300. The highest BCUT2D eigenvalue weighted by Gasteiger charge is 2.17. The van der Waals surface area contributed by atoms with Gasteiger partial charge in [-0.2, -0.15) is 5.10 Å². The average molecular weight is 256 g/mol. The lowest BCUT2D eigenvalue weighted by Crippen LogP contribution is -2.19. The molecule has 1 rings (SSSR count). The number of aromatic nitrogens is 2. The number of aryl methyl sites for hydroxylation is 1. The van der Waals surface area contributed by atoms with Crippen LogP contribution in [-0.2, 0) is 0 Å². The van der Waals surface area contributed by atoms with Gasteiger partial charge >= 0.3 is 0 Å². The molecule has 94 valence electrons. The Labute approximate surface area is 104 Å². The van der Waals surface area contributed by atoms with E-state index in [1.54, 1.807) is 6.92 Å². The zero-order chi connectivity index (χ0) is 13.0. The number of hydrogen-bond acceptors (Lipinski definition) is 6. The molecule has 1 aromatic heterocycles. The highest BCUT2D eigenvalue weighted by Crippen LogP contribution is 2.26. The molecule has 0 aliphatic carbocycles. The molecule has 0 spiro atoms. The highest BCUT2D eigenvalue weighted by molar-refractivity contribution is 7.99. The normalized spacial score (nSPS) is 13.8. The summed E-state index contributed by atoms with van der Waals surface area (Å²) in [4.78, 5) is 0. The van der Waals surface area contributed by atoms with Gasteiger partial charge in [-0.05, 0) is 19.4 Å². The maximum atomic E-state index is 9.03. The maximum Gasteiger partial charge on any atom is 0.173 e. The van der Waals surface area contributed by atoms with E-state index in [0.29, 0.717) is 10.6 Å². The Hall–Kier alpha value is -1.34. The smallest absolute Gasteiger partial charge is 0.173 e. The van der Waals surface area contributed by atoms with Crippen LogP contribution in [0.2, 0.25) is 0 Å². The van der Waals surface area contributed by atoms with Crippen LogP contribution in [0.15, 0.2) is 10.2 Å². The van der Waals surface area contributed by atoms with Crippen molar-refractivity contribution in [2.45, 2.75) is 31.0 Å². The molecule has 0 saturated carbocycles. The molecule has 0 amide bonds. The summed E-state index contributed by atoms with van der Waals surface area (Å²) in [5.41, 5.74) is 7.76. The van der Waals surface area contributed by atoms with E-state index in [4.69, 9.17) is 16.0 Å². The fourth-order valence-electron chi connectivity index (χ4n) is 1.25. The maximum absolute atomic E-state index is 9.03.